The molecule has 28 heavy (non-hydrogen) atoms. The zero-order valence-corrected chi connectivity index (χ0v) is 16.9. The minimum absolute atomic E-state index is 0.0255. The van der Waals surface area contributed by atoms with Crippen LogP contribution in [0.15, 0.2) is 52.3 Å². The Morgan fingerprint density at radius 2 is 1.93 bits per heavy atom. The van der Waals surface area contributed by atoms with Crippen molar-refractivity contribution >= 4 is 15.7 Å². The Labute approximate surface area is 165 Å². The summed E-state index contributed by atoms with van der Waals surface area (Å²) in [6, 6.07) is 10.2. The van der Waals surface area contributed by atoms with Gasteiger partial charge in [0.15, 0.2) is 0 Å². The van der Waals surface area contributed by atoms with Crippen LogP contribution in [-0.2, 0) is 21.1 Å². The molecule has 2 aromatic carbocycles. The molecule has 0 aromatic heterocycles. The molecule has 5 nitrogen and oxygen atoms in total. The maximum atomic E-state index is 13.5. The van der Waals surface area contributed by atoms with E-state index >= 15 is 0 Å². The molecule has 2 aromatic rings. The minimum Gasteiger partial charge on any atom is -0.354 e. The van der Waals surface area contributed by atoms with Gasteiger partial charge in [-0.15, -0.1) is 0 Å². The number of amides is 1. The summed E-state index contributed by atoms with van der Waals surface area (Å²) in [6.45, 7) is 0.875. The second-order valence-electron chi connectivity index (χ2n) is 7.45. The number of rotatable bonds is 6. The molecule has 0 saturated carbocycles. The monoisotopic (exact) mass is 404 g/mol. The Balaban J connectivity index is 1.82. The highest BCUT2D eigenvalue weighted by Crippen LogP contribution is 2.34. The number of fused-ring (bicyclic) bond motifs is 1. The maximum absolute atomic E-state index is 13.5. The Kier molecular flexibility index (Phi) is 6.15. The third kappa shape index (κ3) is 4.59. The number of aryl methyl sites for hydroxylation is 1. The molecule has 150 valence electrons. The van der Waals surface area contributed by atoms with Crippen molar-refractivity contribution < 1.29 is 17.6 Å². The second kappa shape index (κ2) is 8.41. The van der Waals surface area contributed by atoms with Gasteiger partial charge in [-0.3, -0.25) is 4.79 Å². The van der Waals surface area contributed by atoms with Crippen LogP contribution in [0.2, 0.25) is 0 Å². The number of nitrogens with one attached hydrogen (secondary N) is 1. The zero-order valence-electron chi connectivity index (χ0n) is 16.1. The van der Waals surface area contributed by atoms with Gasteiger partial charge in [0, 0.05) is 12.5 Å². The van der Waals surface area contributed by atoms with E-state index in [1.807, 2.05) is 25.1 Å². The topological polar surface area (TPSA) is 66.5 Å². The first-order valence-corrected chi connectivity index (χ1v) is 10.8. The minimum atomic E-state index is -3.77. The van der Waals surface area contributed by atoms with E-state index < -0.39 is 15.7 Å². The molecule has 1 aliphatic rings. The average Bonchev–Trinajstić information content (AvgIpc) is 2.65. The first kappa shape index (κ1) is 20.5. The van der Waals surface area contributed by atoms with Crippen LogP contribution in [0.3, 0.4) is 0 Å². The number of benzene rings is 2. The maximum Gasteiger partial charge on any atom is 0.234 e. The number of carbonyl (C=O) groups is 1. The quantitative estimate of drug-likeness (QED) is 0.804. The van der Waals surface area contributed by atoms with Crippen LogP contribution < -0.4 is 5.32 Å². The average molecular weight is 405 g/mol. The van der Waals surface area contributed by atoms with E-state index in [0.29, 0.717) is 13.1 Å². The van der Waals surface area contributed by atoms with Crippen LogP contribution in [0.25, 0.3) is 0 Å². The molecule has 0 aliphatic heterocycles. The Bertz CT molecular complexity index is 973. The third-order valence-corrected chi connectivity index (χ3v) is 6.72. The van der Waals surface area contributed by atoms with Crippen molar-refractivity contribution in [2.45, 2.75) is 35.0 Å². The largest absolute Gasteiger partial charge is 0.354 e. The fourth-order valence-corrected chi connectivity index (χ4v) is 4.96. The summed E-state index contributed by atoms with van der Waals surface area (Å²) in [7, 11) is -0.0803. The highest BCUT2D eigenvalue weighted by molar-refractivity contribution is 7.91. The molecule has 0 radical (unpaired) electrons. The molecular formula is C21H25FN2O3S. The van der Waals surface area contributed by atoms with E-state index in [-0.39, 0.29) is 21.6 Å². The standard InChI is InChI=1S/C21H25FN2O3S/c1-24(2)14-21(25)23-13-16-6-3-5-15-11-19(9-10-20(15)16)28(26,27)18-8-4-7-17(22)12-18/h4,7-12,16H,3,5-6,13-14H2,1-2H3,(H,23,25). The highest BCUT2D eigenvalue weighted by Gasteiger charge is 2.24. The zero-order chi connectivity index (χ0) is 20.3. The van der Waals surface area contributed by atoms with Crippen molar-refractivity contribution in [1.82, 2.24) is 10.2 Å². The van der Waals surface area contributed by atoms with Gasteiger partial charge < -0.3 is 10.2 Å². The first-order valence-electron chi connectivity index (χ1n) is 9.32. The Morgan fingerprint density at radius 3 is 2.64 bits per heavy atom. The number of halogens is 1. The SMILES string of the molecule is CN(C)CC(=O)NCC1CCCc2cc(S(=O)(=O)c3cccc(F)c3)ccc21. The van der Waals surface area contributed by atoms with Crippen LogP contribution >= 0.6 is 0 Å². The summed E-state index contributed by atoms with van der Waals surface area (Å²) >= 11 is 0. The van der Waals surface area contributed by atoms with E-state index in [1.165, 1.54) is 18.2 Å². The molecule has 0 fully saturated rings. The predicted molar refractivity (Wildman–Crippen MR) is 106 cm³/mol. The molecule has 7 heteroatoms. The summed E-state index contributed by atoms with van der Waals surface area (Å²) in [6.07, 6.45) is 2.68. The van der Waals surface area contributed by atoms with Crippen LogP contribution in [0.1, 0.15) is 29.9 Å². The normalized spacial score (nSPS) is 16.6. The summed E-state index contributed by atoms with van der Waals surface area (Å²) < 4.78 is 39.2. The molecular weight excluding hydrogens is 379 g/mol. The summed E-state index contributed by atoms with van der Waals surface area (Å²) in [5.74, 6) is -0.434. The van der Waals surface area contributed by atoms with E-state index in [2.05, 4.69) is 5.32 Å². The fraction of sp³-hybridized carbons (Fsp3) is 0.381. The van der Waals surface area contributed by atoms with Gasteiger partial charge in [-0.2, -0.15) is 0 Å². The Hall–Kier alpha value is -2.25. The lowest BCUT2D eigenvalue weighted by Gasteiger charge is -2.26. The molecule has 1 N–H and O–H groups in total. The fourth-order valence-electron chi connectivity index (χ4n) is 3.62. The van der Waals surface area contributed by atoms with Crippen molar-refractivity contribution in [1.29, 1.82) is 0 Å². The lowest BCUT2D eigenvalue weighted by atomic mass is 9.83. The predicted octanol–water partition coefficient (Wildman–Crippen LogP) is 2.76. The van der Waals surface area contributed by atoms with Crippen LogP contribution in [-0.4, -0.2) is 46.4 Å². The molecule has 0 saturated heterocycles. The van der Waals surface area contributed by atoms with Crippen LogP contribution in [0.5, 0.6) is 0 Å². The first-order chi connectivity index (χ1) is 13.3. The van der Waals surface area contributed by atoms with E-state index in [0.717, 1.165) is 36.5 Å². The molecule has 0 bridgehead atoms. The second-order valence-corrected chi connectivity index (χ2v) is 9.40. The Morgan fingerprint density at radius 1 is 1.18 bits per heavy atom. The van der Waals surface area contributed by atoms with Crippen molar-refractivity contribution in [2.24, 2.45) is 0 Å². The molecule has 1 amide bonds. The number of hydrogen-bond acceptors (Lipinski definition) is 4. The van der Waals surface area contributed by atoms with Crippen LogP contribution in [0.4, 0.5) is 4.39 Å². The van der Waals surface area contributed by atoms with Gasteiger partial charge in [-0.25, -0.2) is 12.8 Å². The van der Waals surface area contributed by atoms with E-state index in [1.54, 1.807) is 12.1 Å². The molecule has 0 heterocycles. The van der Waals surface area contributed by atoms with Crippen molar-refractivity contribution in [3.8, 4) is 0 Å². The number of carbonyl (C=O) groups excluding carboxylic acids is 1. The summed E-state index contributed by atoms with van der Waals surface area (Å²) in [5.41, 5.74) is 2.06. The number of likely N-dealkylation sites (N-methyl/N-ethyl adjacent to an activating group) is 1. The molecule has 1 unspecified atom stereocenters. The summed E-state index contributed by atoms with van der Waals surface area (Å²) in [4.78, 5) is 13.9. The number of sulfone groups is 1. The smallest absolute Gasteiger partial charge is 0.234 e. The van der Waals surface area contributed by atoms with Crippen LogP contribution in [0, 0.1) is 5.82 Å². The molecule has 0 spiro atoms. The molecule has 1 aliphatic carbocycles. The highest BCUT2D eigenvalue weighted by atomic mass is 32.2. The van der Waals surface area contributed by atoms with Crippen molar-refractivity contribution in [3.63, 3.8) is 0 Å². The van der Waals surface area contributed by atoms with Gasteiger partial charge in [-0.05, 0) is 74.8 Å². The van der Waals surface area contributed by atoms with Gasteiger partial charge in [0.1, 0.15) is 5.82 Å². The third-order valence-electron chi connectivity index (χ3n) is 4.98. The number of hydrogen-bond donors (Lipinski definition) is 1. The van der Waals surface area contributed by atoms with E-state index in [4.69, 9.17) is 0 Å². The van der Waals surface area contributed by atoms with Gasteiger partial charge >= 0.3 is 0 Å². The van der Waals surface area contributed by atoms with Crippen molar-refractivity contribution in [3.05, 3.63) is 59.4 Å². The summed E-state index contributed by atoms with van der Waals surface area (Å²) in [5, 5.41) is 2.96. The lowest BCUT2D eigenvalue weighted by Crippen LogP contribution is -2.36. The van der Waals surface area contributed by atoms with Crippen molar-refractivity contribution in [2.75, 3.05) is 27.2 Å². The van der Waals surface area contributed by atoms with Gasteiger partial charge in [0.25, 0.3) is 0 Å². The van der Waals surface area contributed by atoms with Gasteiger partial charge in [-0.1, -0.05) is 12.1 Å². The number of nitrogens with zero attached hydrogens (tertiary/aromatic N) is 1. The molecule has 3 rings (SSSR count). The van der Waals surface area contributed by atoms with Gasteiger partial charge in [0.2, 0.25) is 15.7 Å². The van der Waals surface area contributed by atoms with Gasteiger partial charge in [0.05, 0.1) is 16.3 Å². The van der Waals surface area contributed by atoms with E-state index in [9.17, 15) is 17.6 Å². The lowest BCUT2D eigenvalue weighted by molar-refractivity contribution is -0.121. The molecule has 1 atom stereocenters.